The Morgan fingerprint density at radius 1 is 1.44 bits per heavy atom. The fourth-order valence-corrected chi connectivity index (χ4v) is 4.61. The molecule has 1 aliphatic rings. The number of allylic oxidation sites excluding steroid dienone is 5. The average molecular weight is 469 g/mol. The van der Waals surface area contributed by atoms with Crippen LogP contribution in [-0.4, -0.2) is 52.9 Å². The van der Waals surface area contributed by atoms with Crippen LogP contribution in [0.4, 0.5) is 5.82 Å². The van der Waals surface area contributed by atoms with Crippen LogP contribution in [0, 0.1) is 11.3 Å². The van der Waals surface area contributed by atoms with E-state index in [1.807, 2.05) is 43.0 Å². The molecule has 2 aromatic rings. The summed E-state index contributed by atoms with van der Waals surface area (Å²) in [6.07, 6.45) is 9.20. The van der Waals surface area contributed by atoms with E-state index in [1.54, 1.807) is 29.6 Å². The van der Waals surface area contributed by atoms with Crippen molar-refractivity contribution in [2.45, 2.75) is 19.9 Å². The number of nitrogens with zero attached hydrogens (tertiary/aromatic N) is 5. The Morgan fingerprint density at radius 3 is 2.91 bits per heavy atom. The Balaban J connectivity index is 1.83. The second kappa shape index (κ2) is 10.6. The number of thiophene rings is 1. The highest BCUT2D eigenvalue weighted by Crippen LogP contribution is 2.37. The van der Waals surface area contributed by atoms with Crippen molar-refractivity contribution >= 4 is 44.9 Å². The molecule has 0 saturated heterocycles. The fraction of sp³-hybridized carbons (Fsp3) is 0.304. The molecule has 0 fully saturated rings. The standard InChI is InChI=1S/C23H25ClN6OS/c1-15(7-8-17(12-25)16(2)24)28-22-21-18-9-11-30(20(31)6-5-10-29(3)4)13-19(18)32-23(21)27-14-26-22/h5-8,14H,2,9-11,13H2,1,3-4H3,(H,26,27,28)/b6-5+,15-7+,17-8-. The Morgan fingerprint density at radius 2 is 2.22 bits per heavy atom. The lowest BCUT2D eigenvalue weighted by Gasteiger charge is -2.26. The molecular weight excluding hydrogens is 444 g/mol. The van der Waals surface area contributed by atoms with E-state index in [0.29, 0.717) is 24.5 Å². The molecule has 2 aromatic heterocycles. The molecule has 1 amide bonds. The lowest BCUT2D eigenvalue weighted by molar-refractivity contribution is -0.126. The fourth-order valence-electron chi connectivity index (χ4n) is 3.31. The number of likely N-dealkylation sites (N-methyl/N-ethyl adjacent to an activating group) is 1. The first-order valence-electron chi connectivity index (χ1n) is 10.1. The van der Waals surface area contributed by atoms with Crippen molar-refractivity contribution in [2.24, 2.45) is 0 Å². The third kappa shape index (κ3) is 5.62. The van der Waals surface area contributed by atoms with Crippen LogP contribution in [0.3, 0.4) is 0 Å². The highest BCUT2D eigenvalue weighted by atomic mass is 35.5. The van der Waals surface area contributed by atoms with Gasteiger partial charge in [-0.15, -0.1) is 11.3 Å². The first-order chi connectivity index (χ1) is 15.3. The number of anilines is 1. The predicted octanol–water partition coefficient (Wildman–Crippen LogP) is 4.21. The minimum Gasteiger partial charge on any atom is -0.343 e. The number of hydrogen-bond donors (Lipinski definition) is 1. The average Bonchev–Trinajstić information content (AvgIpc) is 3.12. The van der Waals surface area contributed by atoms with E-state index in [0.717, 1.165) is 33.8 Å². The van der Waals surface area contributed by atoms with Crippen LogP contribution in [0.25, 0.3) is 10.2 Å². The Kier molecular flexibility index (Phi) is 7.80. The smallest absolute Gasteiger partial charge is 0.246 e. The van der Waals surface area contributed by atoms with Crippen LogP contribution in [-0.2, 0) is 17.8 Å². The first kappa shape index (κ1) is 23.7. The second-order valence-corrected chi connectivity index (χ2v) is 9.19. The number of hydrogen-bond acceptors (Lipinski definition) is 7. The van der Waals surface area contributed by atoms with Crippen LogP contribution in [0.2, 0.25) is 0 Å². The zero-order valence-electron chi connectivity index (χ0n) is 18.4. The maximum Gasteiger partial charge on any atom is 0.246 e. The topological polar surface area (TPSA) is 85.1 Å². The molecule has 166 valence electrons. The van der Waals surface area contributed by atoms with Gasteiger partial charge < -0.3 is 15.1 Å². The molecule has 1 N–H and O–H groups in total. The van der Waals surface area contributed by atoms with E-state index < -0.39 is 0 Å². The monoisotopic (exact) mass is 468 g/mol. The van der Waals surface area contributed by atoms with E-state index >= 15 is 0 Å². The quantitative estimate of drug-likeness (QED) is 0.372. The summed E-state index contributed by atoms with van der Waals surface area (Å²) in [7, 11) is 3.94. The third-order valence-electron chi connectivity index (χ3n) is 4.91. The highest BCUT2D eigenvalue weighted by Gasteiger charge is 2.25. The van der Waals surface area contributed by atoms with Crippen molar-refractivity contribution in [1.29, 1.82) is 5.26 Å². The molecule has 0 radical (unpaired) electrons. The third-order valence-corrected chi connectivity index (χ3v) is 6.24. The summed E-state index contributed by atoms with van der Waals surface area (Å²) in [6.45, 7) is 7.42. The SMILES string of the molecule is C=C(Cl)/C(C#N)=C\C=C(/C)Nc1ncnc2sc3c(c12)CCN(C(=O)/C=C/CN(C)C)C3. The Hall–Kier alpha value is -2.99. The van der Waals surface area contributed by atoms with Gasteiger partial charge in [0, 0.05) is 29.7 Å². The van der Waals surface area contributed by atoms with Crippen LogP contribution in [0.15, 0.2) is 53.5 Å². The second-order valence-electron chi connectivity index (χ2n) is 7.65. The number of nitriles is 1. The zero-order chi connectivity index (χ0) is 23.3. The molecule has 0 saturated carbocycles. The molecule has 9 heteroatoms. The summed E-state index contributed by atoms with van der Waals surface area (Å²) in [6, 6.07) is 2.01. The molecule has 0 unspecified atom stereocenters. The van der Waals surface area contributed by atoms with Gasteiger partial charge in [0.25, 0.3) is 0 Å². The predicted molar refractivity (Wildman–Crippen MR) is 130 cm³/mol. The van der Waals surface area contributed by atoms with E-state index in [-0.39, 0.29) is 10.9 Å². The number of halogens is 1. The van der Waals surface area contributed by atoms with Crippen LogP contribution in [0.1, 0.15) is 17.4 Å². The van der Waals surface area contributed by atoms with Gasteiger partial charge >= 0.3 is 0 Å². The van der Waals surface area contributed by atoms with Gasteiger partial charge in [-0.1, -0.05) is 24.3 Å². The number of rotatable bonds is 7. The van der Waals surface area contributed by atoms with Crippen LogP contribution in [0.5, 0.6) is 0 Å². The van der Waals surface area contributed by atoms with Gasteiger partial charge in [-0.05, 0) is 45.2 Å². The van der Waals surface area contributed by atoms with Gasteiger partial charge in [0.1, 0.15) is 23.0 Å². The van der Waals surface area contributed by atoms with E-state index in [4.69, 9.17) is 16.9 Å². The van der Waals surface area contributed by atoms with Gasteiger partial charge in [-0.2, -0.15) is 5.26 Å². The van der Waals surface area contributed by atoms with Crippen LogP contribution >= 0.6 is 22.9 Å². The molecule has 0 aromatic carbocycles. The number of aromatic nitrogens is 2. The molecule has 3 heterocycles. The number of carbonyl (C=O) groups excluding carboxylic acids is 1. The Labute approximate surface area is 197 Å². The number of amides is 1. The molecular formula is C23H25ClN6OS. The minimum atomic E-state index is 0.0270. The van der Waals surface area contributed by atoms with Crippen molar-refractivity contribution < 1.29 is 4.79 Å². The maximum absolute atomic E-state index is 12.6. The molecule has 0 spiro atoms. The van der Waals surface area contributed by atoms with Crippen molar-refractivity contribution in [1.82, 2.24) is 19.8 Å². The Bertz CT molecular complexity index is 1170. The summed E-state index contributed by atoms with van der Waals surface area (Å²) in [5.74, 6) is 0.739. The van der Waals surface area contributed by atoms with Gasteiger partial charge in [0.05, 0.1) is 22.5 Å². The summed E-state index contributed by atoms with van der Waals surface area (Å²) < 4.78 is 0. The van der Waals surface area contributed by atoms with E-state index in [2.05, 4.69) is 21.9 Å². The molecule has 0 bridgehead atoms. The molecule has 32 heavy (non-hydrogen) atoms. The molecule has 0 aliphatic carbocycles. The minimum absolute atomic E-state index is 0.0270. The normalized spacial score (nSPS) is 14.7. The maximum atomic E-state index is 12.6. The zero-order valence-corrected chi connectivity index (χ0v) is 19.9. The van der Waals surface area contributed by atoms with Gasteiger partial charge in [-0.25, -0.2) is 9.97 Å². The molecule has 7 nitrogen and oxygen atoms in total. The number of nitrogens with one attached hydrogen (secondary N) is 1. The largest absolute Gasteiger partial charge is 0.343 e. The van der Waals surface area contributed by atoms with Crippen molar-refractivity contribution in [2.75, 3.05) is 32.5 Å². The molecule has 1 aliphatic heterocycles. The summed E-state index contributed by atoms with van der Waals surface area (Å²) in [5, 5.41) is 13.6. The van der Waals surface area contributed by atoms with Gasteiger partial charge in [-0.3, -0.25) is 4.79 Å². The van der Waals surface area contributed by atoms with Crippen molar-refractivity contribution in [3.8, 4) is 6.07 Å². The molecule has 3 rings (SSSR count). The summed E-state index contributed by atoms with van der Waals surface area (Å²) >= 11 is 7.41. The number of carbonyl (C=O) groups is 1. The lowest BCUT2D eigenvalue weighted by atomic mass is 10.0. The summed E-state index contributed by atoms with van der Waals surface area (Å²) in [4.78, 5) is 27.3. The summed E-state index contributed by atoms with van der Waals surface area (Å²) in [5.41, 5.74) is 2.29. The van der Waals surface area contributed by atoms with E-state index in [1.165, 1.54) is 11.9 Å². The first-order valence-corrected chi connectivity index (χ1v) is 11.3. The van der Waals surface area contributed by atoms with E-state index in [9.17, 15) is 4.79 Å². The molecule has 0 atom stereocenters. The lowest BCUT2D eigenvalue weighted by Crippen LogP contribution is -2.34. The van der Waals surface area contributed by atoms with Crippen LogP contribution < -0.4 is 5.32 Å². The van der Waals surface area contributed by atoms with Gasteiger partial charge in [0.2, 0.25) is 5.91 Å². The van der Waals surface area contributed by atoms with Crippen molar-refractivity contribution in [3.05, 3.63) is 64.0 Å². The van der Waals surface area contributed by atoms with Gasteiger partial charge in [0.15, 0.2) is 0 Å². The number of fused-ring (bicyclic) bond motifs is 3. The van der Waals surface area contributed by atoms with Crippen molar-refractivity contribution in [3.63, 3.8) is 0 Å². The highest BCUT2D eigenvalue weighted by molar-refractivity contribution is 7.19.